The Labute approximate surface area is 172 Å². The van der Waals surface area contributed by atoms with Gasteiger partial charge in [-0.1, -0.05) is 26.0 Å². The molecule has 0 aliphatic heterocycles. The van der Waals surface area contributed by atoms with Crippen LogP contribution in [0.5, 0.6) is 11.5 Å². The molecule has 0 aliphatic rings. The summed E-state index contributed by atoms with van der Waals surface area (Å²) in [6, 6.07) is 12.3. The van der Waals surface area contributed by atoms with Gasteiger partial charge in [-0.3, -0.25) is 14.2 Å². The molecule has 0 amide bonds. The van der Waals surface area contributed by atoms with Crippen LogP contribution in [0.1, 0.15) is 31.2 Å². The van der Waals surface area contributed by atoms with Crippen molar-refractivity contribution in [2.45, 2.75) is 26.3 Å². The number of fused-ring (bicyclic) bond motifs is 2. The number of hydrogen-bond acceptors (Lipinski definition) is 6. The van der Waals surface area contributed by atoms with Gasteiger partial charge in [0.25, 0.3) is 5.56 Å². The number of rotatable bonds is 5. The molecule has 0 atom stereocenters. The maximum absolute atomic E-state index is 13.4. The zero-order valence-corrected chi connectivity index (χ0v) is 17.3. The molecule has 0 saturated carbocycles. The van der Waals surface area contributed by atoms with Crippen LogP contribution in [0.15, 0.2) is 56.5 Å². The van der Waals surface area contributed by atoms with Crippen LogP contribution < -0.4 is 20.5 Å². The van der Waals surface area contributed by atoms with Crippen molar-refractivity contribution in [1.82, 2.24) is 9.55 Å². The van der Waals surface area contributed by atoms with E-state index in [1.54, 1.807) is 29.9 Å². The summed E-state index contributed by atoms with van der Waals surface area (Å²) in [6.45, 7) is 4.18. The Kier molecular flexibility index (Phi) is 5.03. The average Bonchev–Trinajstić information content (AvgIpc) is 2.75. The molecule has 0 spiro atoms. The van der Waals surface area contributed by atoms with E-state index in [1.165, 1.54) is 7.11 Å². The average molecular weight is 406 g/mol. The minimum atomic E-state index is -0.411. The molecule has 0 radical (unpaired) electrons. The first-order valence-corrected chi connectivity index (χ1v) is 9.61. The van der Waals surface area contributed by atoms with Crippen LogP contribution in [0.3, 0.4) is 0 Å². The lowest BCUT2D eigenvalue weighted by Gasteiger charge is -2.16. The van der Waals surface area contributed by atoms with Crippen LogP contribution in [0.2, 0.25) is 0 Å². The normalized spacial score (nSPS) is 11.4. The van der Waals surface area contributed by atoms with Gasteiger partial charge in [0.15, 0.2) is 5.39 Å². The standard InChI is InChI=1S/C23H22N2O5/c1-13(2)21-24-22-19(20(26)17-10-9-16(29-4)11-18(17)30-22)23(27)25(21)12-14-5-7-15(28-3)8-6-14/h5-11,13H,12H2,1-4H3. The minimum absolute atomic E-state index is 0.0421. The third-order valence-corrected chi connectivity index (χ3v) is 5.05. The van der Waals surface area contributed by atoms with Crippen molar-refractivity contribution in [3.05, 3.63) is 74.4 Å². The number of ether oxygens (including phenoxy) is 2. The molecule has 2 aromatic carbocycles. The minimum Gasteiger partial charge on any atom is -0.497 e. The lowest BCUT2D eigenvalue weighted by atomic mass is 10.1. The third kappa shape index (κ3) is 3.32. The topological polar surface area (TPSA) is 83.6 Å². The van der Waals surface area contributed by atoms with Crippen LogP contribution in [-0.4, -0.2) is 23.8 Å². The SMILES string of the molecule is COc1ccc(Cn2c(C(C)C)nc3oc4cc(OC)ccc4c(=O)c3c2=O)cc1. The predicted octanol–water partition coefficient (Wildman–Crippen LogP) is 3.69. The van der Waals surface area contributed by atoms with Crippen molar-refractivity contribution in [2.75, 3.05) is 14.2 Å². The highest BCUT2D eigenvalue weighted by molar-refractivity contribution is 5.88. The number of benzene rings is 2. The fourth-order valence-corrected chi connectivity index (χ4v) is 3.47. The fraction of sp³-hybridized carbons (Fsp3) is 0.261. The molecule has 4 aromatic rings. The molecular formula is C23H22N2O5. The van der Waals surface area contributed by atoms with Crippen molar-refractivity contribution in [1.29, 1.82) is 0 Å². The number of aromatic nitrogens is 2. The van der Waals surface area contributed by atoms with E-state index in [0.29, 0.717) is 29.1 Å². The summed E-state index contributed by atoms with van der Waals surface area (Å²) in [5.41, 5.74) is 0.467. The maximum Gasteiger partial charge on any atom is 0.269 e. The smallest absolute Gasteiger partial charge is 0.269 e. The number of nitrogens with zero attached hydrogens (tertiary/aromatic N) is 2. The molecule has 0 aliphatic carbocycles. The maximum atomic E-state index is 13.4. The van der Waals surface area contributed by atoms with Gasteiger partial charge in [-0.2, -0.15) is 4.98 Å². The second kappa shape index (κ2) is 7.67. The molecule has 30 heavy (non-hydrogen) atoms. The second-order valence-electron chi connectivity index (χ2n) is 7.34. The molecular weight excluding hydrogens is 384 g/mol. The van der Waals surface area contributed by atoms with Crippen LogP contribution >= 0.6 is 0 Å². The quantitative estimate of drug-likeness (QED) is 0.470. The summed E-state index contributed by atoms with van der Waals surface area (Å²) in [5.74, 6) is 1.79. The summed E-state index contributed by atoms with van der Waals surface area (Å²) < 4.78 is 17.8. The Morgan fingerprint density at radius 3 is 2.30 bits per heavy atom. The van der Waals surface area contributed by atoms with E-state index in [-0.39, 0.29) is 17.0 Å². The molecule has 0 unspecified atom stereocenters. The third-order valence-electron chi connectivity index (χ3n) is 5.05. The van der Waals surface area contributed by atoms with Gasteiger partial charge in [-0.15, -0.1) is 0 Å². The van der Waals surface area contributed by atoms with Gasteiger partial charge in [0.2, 0.25) is 11.1 Å². The molecule has 7 heteroatoms. The van der Waals surface area contributed by atoms with E-state index in [9.17, 15) is 9.59 Å². The first-order valence-electron chi connectivity index (χ1n) is 9.61. The molecule has 2 aromatic heterocycles. The Morgan fingerprint density at radius 2 is 1.67 bits per heavy atom. The largest absolute Gasteiger partial charge is 0.497 e. The van der Waals surface area contributed by atoms with Gasteiger partial charge in [0, 0.05) is 12.0 Å². The van der Waals surface area contributed by atoms with Gasteiger partial charge in [-0.25, -0.2) is 0 Å². The molecule has 0 saturated heterocycles. The van der Waals surface area contributed by atoms with E-state index in [4.69, 9.17) is 13.9 Å². The molecule has 0 fully saturated rings. The van der Waals surface area contributed by atoms with Crippen molar-refractivity contribution in [3.63, 3.8) is 0 Å². The van der Waals surface area contributed by atoms with Gasteiger partial charge in [-0.05, 0) is 29.8 Å². The predicted molar refractivity (Wildman–Crippen MR) is 115 cm³/mol. The van der Waals surface area contributed by atoms with Crippen LogP contribution in [0, 0.1) is 0 Å². The first kappa shape index (κ1) is 19.7. The van der Waals surface area contributed by atoms with Gasteiger partial charge in [0.05, 0.1) is 26.2 Å². The van der Waals surface area contributed by atoms with Crippen molar-refractivity contribution in [2.24, 2.45) is 0 Å². The summed E-state index contributed by atoms with van der Waals surface area (Å²) in [7, 11) is 3.14. The van der Waals surface area contributed by atoms with Crippen LogP contribution in [0.25, 0.3) is 22.1 Å². The molecule has 2 heterocycles. The highest BCUT2D eigenvalue weighted by Crippen LogP contribution is 2.23. The summed E-state index contributed by atoms with van der Waals surface area (Å²) in [4.78, 5) is 31.1. The summed E-state index contributed by atoms with van der Waals surface area (Å²) in [6.07, 6.45) is 0. The lowest BCUT2D eigenvalue weighted by Crippen LogP contribution is -2.30. The molecule has 0 bridgehead atoms. The first-order chi connectivity index (χ1) is 14.4. The Hall–Kier alpha value is -3.61. The Balaban J connectivity index is 1.97. The van der Waals surface area contributed by atoms with Gasteiger partial charge in [0.1, 0.15) is 22.9 Å². The van der Waals surface area contributed by atoms with Gasteiger partial charge >= 0.3 is 0 Å². The highest BCUT2D eigenvalue weighted by Gasteiger charge is 2.20. The van der Waals surface area contributed by atoms with E-state index >= 15 is 0 Å². The van der Waals surface area contributed by atoms with Crippen molar-refractivity contribution >= 4 is 22.1 Å². The molecule has 0 N–H and O–H groups in total. The Morgan fingerprint density at radius 1 is 1.00 bits per heavy atom. The lowest BCUT2D eigenvalue weighted by molar-refractivity contribution is 0.414. The number of hydrogen-bond donors (Lipinski definition) is 0. The molecule has 154 valence electrons. The van der Waals surface area contributed by atoms with Crippen LogP contribution in [0.4, 0.5) is 0 Å². The van der Waals surface area contributed by atoms with Crippen molar-refractivity contribution in [3.8, 4) is 11.5 Å². The summed E-state index contributed by atoms with van der Waals surface area (Å²) in [5, 5.41) is 0.265. The fourth-order valence-electron chi connectivity index (χ4n) is 3.47. The van der Waals surface area contributed by atoms with E-state index < -0.39 is 11.0 Å². The van der Waals surface area contributed by atoms with E-state index in [0.717, 1.165) is 11.3 Å². The van der Waals surface area contributed by atoms with E-state index in [1.807, 2.05) is 38.1 Å². The van der Waals surface area contributed by atoms with E-state index in [2.05, 4.69) is 4.98 Å². The monoisotopic (exact) mass is 406 g/mol. The Bertz CT molecular complexity index is 1350. The van der Waals surface area contributed by atoms with Crippen molar-refractivity contribution < 1.29 is 13.9 Å². The van der Waals surface area contributed by atoms with Crippen LogP contribution in [-0.2, 0) is 6.54 Å². The summed E-state index contributed by atoms with van der Waals surface area (Å²) >= 11 is 0. The number of methoxy groups -OCH3 is 2. The highest BCUT2D eigenvalue weighted by atomic mass is 16.5. The van der Waals surface area contributed by atoms with Gasteiger partial charge < -0.3 is 13.9 Å². The molecule has 4 rings (SSSR count). The second-order valence-corrected chi connectivity index (χ2v) is 7.34. The molecule has 7 nitrogen and oxygen atoms in total. The zero-order valence-electron chi connectivity index (χ0n) is 17.3. The zero-order chi connectivity index (χ0) is 21.4.